The van der Waals surface area contributed by atoms with Crippen molar-refractivity contribution in [3.63, 3.8) is 0 Å². The molecule has 3 aliphatic rings. The second-order valence-corrected chi connectivity index (χ2v) is 10.3. The molecule has 3 aliphatic heterocycles. The highest BCUT2D eigenvalue weighted by Crippen LogP contribution is 2.54. The Bertz CT molecular complexity index is 1570. The van der Waals surface area contributed by atoms with Crippen molar-refractivity contribution < 1.29 is 59.8 Å². The number of alkyl halides is 6. The van der Waals surface area contributed by atoms with Crippen LogP contribution in [0.4, 0.5) is 26.3 Å². The zero-order valence-corrected chi connectivity index (χ0v) is 22.2. The van der Waals surface area contributed by atoms with Crippen LogP contribution in [0.25, 0.3) is 0 Å². The topological polar surface area (TPSA) is 110 Å². The maximum atomic E-state index is 14.1. The van der Waals surface area contributed by atoms with Crippen LogP contribution in [0.15, 0.2) is 60.8 Å². The second kappa shape index (κ2) is 9.67. The zero-order chi connectivity index (χ0) is 31.7. The predicted molar refractivity (Wildman–Crippen MR) is 130 cm³/mol. The summed E-state index contributed by atoms with van der Waals surface area (Å²) >= 11 is 0. The van der Waals surface area contributed by atoms with Crippen LogP contribution in [0, 0.1) is 19.8 Å². The fourth-order valence-electron chi connectivity index (χ4n) is 5.94. The average molecular weight is 610 g/mol. The van der Waals surface area contributed by atoms with Crippen molar-refractivity contribution >= 4 is 29.4 Å². The van der Waals surface area contributed by atoms with Gasteiger partial charge in [0.1, 0.15) is 12.0 Å². The van der Waals surface area contributed by atoms with E-state index in [0.717, 1.165) is 24.4 Å². The first-order valence-corrected chi connectivity index (χ1v) is 12.6. The number of ether oxygens (including phenoxy) is 2. The number of aryl methyl sites for hydroxylation is 2. The van der Waals surface area contributed by atoms with Crippen molar-refractivity contribution in [2.24, 2.45) is 5.92 Å². The van der Waals surface area contributed by atoms with Crippen molar-refractivity contribution in [2.45, 2.75) is 50.0 Å². The Hall–Kier alpha value is -4.69. The number of Topliss-reactive ketones (excluding diaryl/α,β-unsaturated/α-hetero) is 1. The summed E-state index contributed by atoms with van der Waals surface area (Å²) in [5, 5.41) is 1.05. The van der Waals surface area contributed by atoms with E-state index >= 15 is 0 Å². The minimum absolute atomic E-state index is 0.254. The highest BCUT2D eigenvalue weighted by atomic mass is 19.4. The molecule has 9 nitrogen and oxygen atoms in total. The van der Waals surface area contributed by atoms with Gasteiger partial charge in [0, 0.05) is 18.2 Å². The Balaban J connectivity index is 1.71. The molecule has 2 saturated heterocycles. The Morgan fingerprint density at radius 1 is 0.860 bits per heavy atom. The summed E-state index contributed by atoms with van der Waals surface area (Å²) in [5.41, 5.74) is -4.89. The molecule has 2 aromatic rings. The molecule has 15 heteroatoms. The maximum Gasteiger partial charge on any atom is 0.491 e. The van der Waals surface area contributed by atoms with E-state index in [4.69, 9.17) is 4.74 Å². The molecule has 4 atom stereocenters. The van der Waals surface area contributed by atoms with Crippen LogP contribution in [-0.2, 0) is 45.5 Å². The van der Waals surface area contributed by atoms with Gasteiger partial charge in [0.25, 0.3) is 11.5 Å². The van der Waals surface area contributed by atoms with Crippen LogP contribution in [-0.4, -0.2) is 63.5 Å². The summed E-state index contributed by atoms with van der Waals surface area (Å²) in [7, 11) is 0. The molecule has 2 bridgehead atoms. The number of halogens is 6. The van der Waals surface area contributed by atoms with E-state index in [0.29, 0.717) is 21.1 Å². The predicted octanol–water partition coefficient (Wildman–Crippen LogP) is 3.37. The Morgan fingerprint density at radius 3 is 1.98 bits per heavy atom. The largest absolute Gasteiger partial charge is 0.491 e. The van der Waals surface area contributed by atoms with Crippen LogP contribution >= 0.6 is 0 Å². The van der Waals surface area contributed by atoms with E-state index < -0.39 is 77.0 Å². The van der Waals surface area contributed by atoms with Crippen LogP contribution in [0.5, 0.6) is 0 Å². The van der Waals surface area contributed by atoms with Crippen molar-refractivity contribution in [2.75, 3.05) is 0 Å². The monoisotopic (exact) mass is 610 g/mol. The summed E-state index contributed by atoms with van der Waals surface area (Å²) in [5.74, 6) is -11.9. The quantitative estimate of drug-likeness (QED) is 0.288. The summed E-state index contributed by atoms with van der Waals surface area (Å²) in [6, 6.07) is 8.60. The van der Waals surface area contributed by atoms with Gasteiger partial charge < -0.3 is 9.47 Å². The summed E-state index contributed by atoms with van der Waals surface area (Å²) in [6.45, 7) is 3.33. The first kappa shape index (κ1) is 29.8. The van der Waals surface area contributed by atoms with Gasteiger partial charge in [0.15, 0.2) is 5.78 Å². The molecular formula is C28H20F6N2O7. The van der Waals surface area contributed by atoms with Gasteiger partial charge >= 0.3 is 24.3 Å². The lowest BCUT2D eigenvalue weighted by atomic mass is 9.76. The number of rotatable bonds is 5. The number of nitrogens with zero attached hydrogens (tertiary/aromatic N) is 2. The summed E-state index contributed by atoms with van der Waals surface area (Å²) in [4.78, 5) is 65.9. The molecule has 0 radical (unpaired) electrons. The number of carbonyl (C=O) groups is 5. The van der Waals surface area contributed by atoms with Gasteiger partial charge in [-0.15, -0.1) is 0 Å². The first-order valence-electron chi connectivity index (χ1n) is 12.6. The number of carbonyl (C=O) groups excluding carboxylic acids is 5. The van der Waals surface area contributed by atoms with Crippen LogP contribution in [0.3, 0.4) is 0 Å². The highest BCUT2D eigenvalue weighted by Gasteiger charge is 2.78. The molecule has 1 amide bonds. The molecule has 4 unspecified atom stereocenters. The summed E-state index contributed by atoms with van der Waals surface area (Å²) in [6.07, 6.45) is -10.3. The van der Waals surface area contributed by atoms with E-state index in [9.17, 15) is 50.3 Å². The smallest absolute Gasteiger partial charge is 0.429 e. The standard InChI is InChI=1S/C28H20F6N2O7/c1-14-10-15(2)12-16(11-14)13-25(42-23(40)27(29,30)31)19-18(37)8-9-35(25)36-20(19)21(38)26(22(36)39,17-6-4-3-5-7-17)43-24(41)28(32,33)34/h3-12,19-20H,13H2,1-2H3. The van der Waals surface area contributed by atoms with Crippen molar-refractivity contribution in [3.05, 3.63) is 83.1 Å². The van der Waals surface area contributed by atoms with Gasteiger partial charge in [-0.3, -0.25) is 14.4 Å². The molecule has 2 aromatic carbocycles. The minimum Gasteiger partial charge on any atom is -0.429 e. The van der Waals surface area contributed by atoms with Crippen LogP contribution in [0.1, 0.15) is 22.3 Å². The zero-order valence-electron chi connectivity index (χ0n) is 22.2. The van der Waals surface area contributed by atoms with Crippen molar-refractivity contribution in [1.82, 2.24) is 10.0 Å². The highest BCUT2D eigenvalue weighted by molar-refractivity contribution is 6.21. The third kappa shape index (κ3) is 4.53. The molecule has 0 N–H and O–H groups in total. The number of hydrogen-bond donors (Lipinski definition) is 0. The number of fused-ring (bicyclic) bond motifs is 5. The molecule has 0 aliphatic carbocycles. The lowest BCUT2D eigenvalue weighted by Crippen LogP contribution is -2.61. The first-order chi connectivity index (χ1) is 19.9. The van der Waals surface area contributed by atoms with Crippen molar-refractivity contribution in [3.8, 4) is 0 Å². The lowest BCUT2D eigenvalue weighted by molar-refractivity contribution is -0.241. The molecular weight excluding hydrogens is 590 g/mol. The molecule has 2 fully saturated rings. The number of hydrazine groups is 1. The van der Waals surface area contributed by atoms with E-state index in [-0.39, 0.29) is 5.56 Å². The number of benzene rings is 2. The molecule has 5 rings (SSSR count). The molecule has 3 heterocycles. The fraction of sp³-hybridized carbons (Fsp3) is 0.321. The van der Waals surface area contributed by atoms with Gasteiger partial charge in [-0.05, 0) is 25.5 Å². The Labute approximate surface area is 238 Å². The summed E-state index contributed by atoms with van der Waals surface area (Å²) < 4.78 is 90.3. The van der Waals surface area contributed by atoms with Crippen molar-refractivity contribution in [1.29, 1.82) is 0 Å². The molecule has 0 saturated carbocycles. The van der Waals surface area contributed by atoms with Gasteiger partial charge in [-0.2, -0.15) is 26.3 Å². The number of amides is 1. The van der Waals surface area contributed by atoms with E-state index in [2.05, 4.69) is 4.74 Å². The van der Waals surface area contributed by atoms with Crippen LogP contribution < -0.4 is 0 Å². The van der Waals surface area contributed by atoms with Gasteiger partial charge in [-0.1, -0.05) is 59.7 Å². The van der Waals surface area contributed by atoms with Crippen LogP contribution in [0.2, 0.25) is 0 Å². The van der Waals surface area contributed by atoms with Gasteiger partial charge in [0.2, 0.25) is 11.5 Å². The molecule has 226 valence electrons. The van der Waals surface area contributed by atoms with Gasteiger partial charge in [0.05, 0.1) is 0 Å². The lowest BCUT2D eigenvalue weighted by Gasteiger charge is -2.44. The number of hydrogen-bond acceptors (Lipinski definition) is 8. The van der Waals surface area contributed by atoms with E-state index in [1.165, 1.54) is 30.3 Å². The molecule has 43 heavy (non-hydrogen) atoms. The molecule has 0 aromatic heterocycles. The van der Waals surface area contributed by atoms with E-state index in [1.807, 2.05) is 0 Å². The van der Waals surface area contributed by atoms with E-state index in [1.54, 1.807) is 19.9 Å². The third-order valence-electron chi connectivity index (χ3n) is 7.39. The third-order valence-corrected chi connectivity index (χ3v) is 7.39. The normalized spacial score (nSPS) is 26.6. The maximum absolute atomic E-state index is 14.1. The van der Waals surface area contributed by atoms with Gasteiger partial charge in [-0.25, -0.2) is 19.6 Å². The second-order valence-electron chi connectivity index (χ2n) is 10.3. The number of allylic oxidation sites excluding steroid dienone is 1. The number of ketones is 2. The SMILES string of the molecule is Cc1cc(C)cc(CC2(OC(=O)C(F)(F)F)C3C(=O)C=CN2N2C(=O)C(OC(=O)C(F)(F)F)(c4ccccc4)C(=O)C32)c1. The minimum atomic E-state index is -5.66. The average Bonchev–Trinajstić information content (AvgIpc) is 3.19. The fourth-order valence-corrected chi connectivity index (χ4v) is 5.94. The number of esters is 2. The Kier molecular flexibility index (Phi) is 6.70. The molecule has 0 spiro atoms. The Morgan fingerprint density at radius 2 is 1.42 bits per heavy atom.